The van der Waals surface area contributed by atoms with Gasteiger partial charge in [-0.15, -0.1) is 0 Å². The lowest BCUT2D eigenvalue weighted by Gasteiger charge is -2.27. The Morgan fingerprint density at radius 1 is 1.41 bits per heavy atom. The average Bonchev–Trinajstić information content (AvgIpc) is 2.29. The van der Waals surface area contributed by atoms with Crippen molar-refractivity contribution in [2.45, 2.75) is 25.2 Å². The molecule has 1 heterocycles. The van der Waals surface area contributed by atoms with Gasteiger partial charge in [0.1, 0.15) is 17.4 Å². The molecule has 2 rings (SSSR count). The van der Waals surface area contributed by atoms with Gasteiger partial charge >= 0.3 is 5.97 Å². The molecular formula is C12H14O5. The number of aliphatic hydroxyl groups is 1. The van der Waals surface area contributed by atoms with Crippen molar-refractivity contribution < 1.29 is 24.5 Å². The first kappa shape index (κ1) is 11.9. The van der Waals surface area contributed by atoms with Gasteiger partial charge in [-0.2, -0.15) is 0 Å². The number of hydrogen-bond acceptors (Lipinski definition) is 4. The van der Waals surface area contributed by atoms with Crippen LogP contribution in [0.1, 0.15) is 23.2 Å². The second-order valence-corrected chi connectivity index (χ2v) is 3.89. The molecule has 0 bridgehead atoms. The number of para-hydroxylation sites is 1. The Kier molecular flexibility index (Phi) is 3.61. The summed E-state index contributed by atoms with van der Waals surface area (Å²) in [5.41, 5.74) is 0.133. The van der Waals surface area contributed by atoms with Gasteiger partial charge in [0.25, 0.3) is 0 Å². The third-order valence-electron chi connectivity index (χ3n) is 2.63. The zero-order valence-corrected chi connectivity index (χ0v) is 9.20. The summed E-state index contributed by atoms with van der Waals surface area (Å²) in [5.74, 6) is -0.688. The van der Waals surface area contributed by atoms with Gasteiger partial charge in [-0.25, -0.2) is 4.79 Å². The Morgan fingerprint density at radius 3 is 2.88 bits per heavy atom. The maximum atomic E-state index is 11.0. The van der Waals surface area contributed by atoms with Crippen LogP contribution in [0.5, 0.6) is 5.75 Å². The molecule has 0 spiro atoms. The van der Waals surface area contributed by atoms with Gasteiger partial charge in [0.2, 0.25) is 0 Å². The van der Waals surface area contributed by atoms with Crippen LogP contribution in [0.3, 0.4) is 0 Å². The predicted molar refractivity (Wildman–Crippen MR) is 59.0 cm³/mol. The summed E-state index contributed by atoms with van der Waals surface area (Å²) in [6, 6.07) is 6.48. The first-order chi connectivity index (χ1) is 8.16. The molecule has 0 aromatic heterocycles. The average molecular weight is 238 g/mol. The van der Waals surface area contributed by atoms with Crippen LogP contribution in [0.25, 0.3) is 0 Å². The van der Waals surface area contributed by atoms with E-state index in [0.29, 0.717) is 25.2 Å². The van der Waals surface area contributed by atoms with Crippen molar-refractivity contribution in [3.63, 3.8) is 0 Å². The van der Waals surface area contributed by atoms with E-state index in [2.05, 4.69) is 0 Å². The van der Waals surface area contributed by atoms with Crippen LogP contribution in [0, 0.1) is 0 Å². The highest BCUT2D eigenvalue weighted by molar-refractivity contribution is 5.90. The molecule has 0 radical (unpaired) electrons. The first-order valence-corrected chi connectivity index (χ1v) is 5.45. The van der Waals surface area contributed by atoms with Gasteiger partial charge in [0.05, 0.1) is 6.61 Å². The van der Waals surface area contributed by atoms with Crippen molar-refractivity contribution in [2.24, 2.45) is 0 Å². The summed E-state index contributed by atoms with van der Waals surface area (Å²) in [6.45, 7) is 0.418. The number of carboxylic acids is 1. The van der Waals surface area contributed by atoms with E-state index in [0.717, 1.165) is 0 Å². The lowest BCUT2D eigenvalue weighted by molar-refractivity contribution is -0.148. The van der Waals surface area contributed by atoms with Gasteiger partial charge in [0, 0.05) is 12.8 Å². The van der Waals surface area contributed by atoms with E-state index in [-0.39, 0.29) is 11.7 Å². The molecule has 5 nitrogen and oxygen atoms in total. The maximum absolute atomic E-state index is 11.0. The zero-order valence-electron chi connectivity index (χ0n) is 9.20. The monoisotopic (exact) mass is 238 g/mol. The topological polar surface area (TPSA) is 76.0 Å². The van der Waals surface area contributed by atoms with E-state index in [4.69, 9.17) is 14.6 Å². The molecule has 1 aliphatic rings. The molecule has 92 valence electrons. The van der Waals surface area contributed by atoms with Gasteiger partial charge in [0.15, 0.2) is 6.29 Å². The molecule has 0 saturated carbocycles. The second-order valence-electron chi connectivity index (χ2n) is 3.89. The third-order valence-corrected chi connectivity index (χ3v) is 2.63. The van der Waals surface area contributed by atoms with Gasteiger partial charge in [-0.3, -0.25) is 0 Å². The highest BCUT2D eigenvalue weighted by Crippen LogP contribution is 2.23. The Balaban J connectivity index is 2.10. The molecule has 1 fully saturated rings. The van der Waals surface area contributed by atoms with E-state index in [9.17, 15) is 9.90 Å². The van der Waals surface area contributed by atoms with Crippen LogP contribution in [-0.2, 0) is 4.74 Å². The van der Waals surface area contributed by atoms with Crippen LogP contribution in [-0.4, -0.2) is 35.2 Å². The van der Waals surface area contributed by atoms with E-state index in [1.54, 1.807) is 18.2 Å². The number of hydrogen-bond donors (Lipinski definition) is 2. The number of aliphatic hydroxyl groups excluding tert-OH is 1. The molecule has 1 saturated heterocycles. The Hall–Kier alpha value is -1.59. The first-order valence-electron chi connectivity index (χ1n) is 5.45. The van der Waals surface area contributed by atoms with Crippen molar-refractivity contribution in [3.8, 4) is 5.75 Å². The van der Waals surface area contributed by atoms with Crippen LogP contribution < -0.4 is 4.74 Å². The molecule has 0 aliphatic carbocycles. The van der Waals surface area contributed by atoms with E-state index in [1.165, 1.54) is 6.07 Å². The Bertz CT molecular complexity index is 404. The second kappa shape index (κ2) is 5.16. The van der Waals surface area contributed by atoms with Crippen molar-refractivity contribution in [1.82, 2.24) is 0 Å². The van der Waals surface area contributed by atoms with E-state index < -0.39 is 12.3 Å². The summed E-state index contributed by atoms with van der Waals surface area (Å²) in [7, 11) is 0. The maximum Gasteiger partial charge on any atom is 0.339 e. The molecule has 1 aliphatic heterocycles. The fraction of sp³-hybridized carbons (Fsp3) is 0.417. The normalized spacial score (nSPS) is 24.3. The SMILES string of the molecule is O=C(O)c1ccccc1OC1CCOC(O)C1. The van der Waals surface area contributed by atoms with Gasteiger partial charge in [-0.1, -0.05) is 12.1 Å². The Labute approximate surface area is 98.6 Å². The van der Waals surface area contributed by atoms with Crippen LogP contribution in [0.2, 0.25) is 0 Å². The van der Waals surface area contributed by atoms with E-state index in [1.807, 2.05) is 0 Å². The Morgan fingerprint density at radius 2 is 2.18 bits per heavy atom. The van der Waals surface area contributed by atoms with Crippen LogP contribution >= 0.6 is 0 Å². The highest BCUT2D eigenvalue weighted by atomic mass is 16.6. The summed E-state index contributed by atoms with van der Waals surface area (Å²) >= 11 is 0. The smallest absolute Gasteiger partial charge is 0.339 e. The lowest BCUT2D eigenvalue weighted by atomic mass is 10.1. The van der Waals surface area contributed by atoms with Crippen molar-refractivity contribution >= 4 is 5.97 Å². The molecule has 1 aromatic rings. The largest absolute Gasteiger partial charge is 0.489 e. The summed E-state index contributed by atoms with van der Waals surface area (Å²) in [5, 5.41) is 18.3. The summed E-state index contributed by atoms with van der Waals surface area (Å²) in [6.07, 6.45) is -0.0381. The minimum absolute atomic E-state index is 0.133. The number of carbonyl (C=O) groups is 1. The number of rotatable bonds is 3. The quantitative estimate of drug-likeness (QED) is 0.829. The minimum Gasteiger partial charge on any atom is -0.489 e. The molecule has 0 amide bonds. The van der Waals surface area contributed by atoms with Crippen molar-refractivity contribution in [1.29, 1.82) is 0 Å². The van der Waals surface area contributed by atoms with Gasteiger partial charge < -0.3 is 19.7 Å². The zero-order chi connectivity index (χ0) is 12.3. The molecule has 1 aromatic carbocycles. The standard InChI is InChI=1S/C12H14O5/c13-11-7-8(5-6-16-11)17-10-4-2-1-3-9(10)12(14)15/h1-4,8,11,13H,5-7H2,(H,14,15). The predicted octanol–water partition coefficient (Wildman–Crippen LogP) is 1.26. The number of benzene rings is 1. The molecule has 2 atom stereocenters. The number of carboxylic acid groups (broad SMARTS) is 1. The number of ether oxygens (including phenoxy) is 2. The highest BCUT2D eigenvalue weighted by Gasteiger charge is 2.23. The molecule has 2 unspecified atom stereocenters. The summed E-state index contributed by atoms with van der Waals surface area (Å²) < 4.78 is 10.6. The minimum atomic E-state index is -1.02. The molecule has 2 N–H and O–H groups in total. The fourth-order valence-corrected chi connectivity index (χ4v) is 1.78. The van der Waals surface area contributed by atoms with Crippen molar-refractivity contribution in [3.05, 3.63) is 29.8 Å². The summed E-state index contributed by atoms with van der Waals surface area (Å²) in [4.78, 5) is 11.0. The van der Waals surface area contributed by atoms with Crippen LogP contribution in [0.15, 0.2) is 24.3 Å². The van der Waals surface area contributed by atoms with Crippen molar-refractivity contribution in [2.75, 3.05) is 6.61 Å². The number of aromatic carboxylic acids is 1. The third kappa shape index (κ3) is 2.95. The molecule has 5 heteroatoms. The molecular weight excluding hydrogens is 224 g/mol. The van der Waals surface area contributed by atoms with Gasteiger partial charge in [-0.05, 0) is 12.1 Å². The van der Waals surface area contributed by atoms with E-state index >= 15 is 0 Å². The lowest BCUT2D eigenvalue weighted by Crippen LogP contribution is -2.32. The van der Waals surface area contributed by atoms with Crippen LogP contribution in [0.4, 0.5) is 0 Å². The molecule has 17 heavy (non-hydrogen) atoms. The fourth-order valence-electron chi connectivity index (χ4n) is 1.78.